The maximum Gasteiger partial charge on any atom is 0.343 e. The lowest BCUT2D eigenvalue weighted by Crippen LogP contribution is -2.57. The van der Waals surface area contributed by atoms with Gasteiger partial charge in [-0.1, -0.05) is 34.1 Å². The minimum absolute atomic E-state index is 0.00850. The Morgan fingerprint density at radius 2 is 1.14 bits per heavy atom. The molecule has 0 spiro atoms. The molecule has 0 saturated carbocycles. The molecule has 0 radical (unpaired) electrons. The number of carbonyl (C=O) groups excluding carboxylic acids is 10. The molecule has 0 aliphatic carbocycles. The zero-order valence-corrected chi connectivity index (χ0v) is 63.9. The van der Waals surface area contributed by atoms with Gasteiger partial charge in [-0.2, -0.15) is 0 Å². The molecule has 3 aliphatic rings. The van der Waals surface area contributed by atoms with Crippen LogP contribution in [-0.4, -0.2) is 266 Å². The quantitative estimate of drug-likeness (QED) is 0.0170. The number of aryl methyl sites for hydroxylation is 1. The molecule has 610 valence electrons. The molecule has 0 bridgehead atoms. The van der Waals surface area contributed by atoms with Crippen molar-refractivity contribution in [3.63, 3.8) is 0 Å². The van der Waals surface area contributed by atoms with Crippen molar-refractivity contribution in [2.24, 2.45) is 5.92 Å². The number of imide groups is 1. The predicted molar refractivity (Wildman–Crippen MR) is 396 cm³/mol. The van der Waals surface area contributed by atoms with Crippen molar-refractivity contribution in [1.82, 2.24) is 46.4 Å². The van der Waals surface area contributed by atoms with Gasteiger partial charge in [-0.15, -0.1) is 0 Å². The maximum atomic E-state index is 13.9. The standard InChI is InChI=1S/C75H110N10O25/c1-7-13-52-53-44-51(17-18-57(53)82-68-54(52)46-85-60(68)45-56-55(73(85)97)47-110-74(98)75(56,99)8-2)79-69(93)50(5)78-72(96)67(49(3)4)83-71(95)59(19-22-66(91)92)81-61(86)15-11-24-77-70(94)58(80-62(87)16-12-25-84-64(89)20-21-65(84)90)14-9-10-23-76-63(88)48-109-43-42-108-41-40-107-39-38-106-37-36-105-35-34-104-33-32-103-31-30-102-29-28-101-27-26-100-6/h17-18,20-21,44-45,49-50,58-59,67,99H,7-16,19,22-43,46-48H2,1-6H3,(H,76,88)(H,77,94)(H,78,96)(H,79,93)(H,80,87)(H,81,86)(H,83,95)(H,91,92)/t50-,58-,59-,67-,75-/m0/s1. The fraction of sp³-hybridized carbons (Fsp3) is 0.640. The average Bonchev–Trinajstić information content (AvgIpc) is 1.52. The number of anilines is 1. The fourth-order valence-corrected chi connectivity index (χ4v) is 12.0. The summed E-state index contributed by atoms with van der Waals surface area (Å²) in [5.41, 5.74) is 1.57. The number of ether oxygens (including phenoxy) is 11. The Morgan fingerprint density at radius 3 is 1.68 bits per heavy atom. The second-order valence-corrected chi connectivity index (χ2v) is 26.6. The number of esters is 1. The lowest BCUT2D eigenvalue weighted by molar-refractivity contribution is -0.172. The van der Waals surface area contributed by atoms with Crippen LogP contribution in [0.1, 0.15) is 128 Å². The van der Waals surface area contributed by atoms with Crippen LogP contribution in [0.2, 0.25) is 0 Å². The number of hydrogen-bond acceptors (Lipinski definition) is 25. The van der Waals surface area contributed by atoms with Crippen molar-refractivity contribution in [2.75, 3.05) is 158 Å². The van der Waals surface area contributed by atoms with Gasteiger partial charge in [0.15, 0.2) is 5.60 Å². The molecule has 9 N–H and O–H groups in total. The van der Waals surface area contributed by atoms with Crippen molar-refractivity contribution in [3.8, 4) is 11.4 Å². The average molecular weight is 1550 g/mol. The zero-order valence-electron chi connectivity index (χ0n) is 63.9. The molecule has 35 nitrogen and oxygen atoms in total. The summed E-state index contributed by atoms with van der Waals surface area (Å²) in [5, 5.41) is 40.5. The lowest BCUT2D eigenvalue weighted by Gasteiger charge is -2.31. The van der Waals surface area contributed by atoms with E-state index in [0.717, 1.165) is 28.2 Å². The van der Waals surface area contributed by atoms with E-state index < -0.39 is 107 Å². The van der Waals surface area contributed by atoms with E-state index in [1.807, 2.05) is 6.92 Å². The number of carbonyl (C=O) groups is 11. The highest BCUT2D eigenvalue weighted by atomic mass is 16.6. The van der Waals surface area contributed by atoms with E-state index in [1.54, 1.807) is 56.7 Å². The highest BCUT2D eigenvalue weighted by Gasteiger charge is 2.46. The van der Waals surface area contributed by atoms with Crippen LogP contribution in [0, 0.1) is 5.92 Å². The van der Waals surface area contributed by atoms with Crippen molar-refractivity contribution >= 4 is 81.7 Å². The first-order chi connectivity index (χ1) is 53.0. The Morgan fingerprint density at radius 1 is 0.591 bits per heavy atom. The monoisotopic (exact) mass is 1550 g/mol. The zero-order chi connectivity index (χ0) is 79.8. The van der Waals surface area contributed by atoms with E-state index in [1.165, 1.54) is 6.92 Å². The number of fused-ring (bicyclic) bond motifs is 5. The predicted octanol–water partition coefficient (Wildman–Crippen LogP) is 1.13. The number of aliphatic hydroxyl groups is 1. The van der Waals surface area contributed by atoms with Crippen LogP contribution in [0.15, 0.2) is 41.2 Å². The summed E-state index contributed by atoms with van der Waals surface area (Å²) in [5.74, 6) is -8.08. The molecular weight excluding hydrogens is 1440 g/mol. The molecule has 3 aliphatic heterocycles. The Kier molecular flexibility index (Phi) is 40.0. The summed E-state index contributed by atoms with van der Waals surface area (Å²) >= 11 is 0. The van der Waals surface area contributed by atoms with Crippen LogP contribution in [0.3, 0.4) is 0 Å². The first-order valence-electron chi connectivity index (χ1n) is 37.6. The number of carboxylic acid groups (broad SMARTS) is 1. The minimum Gasteiger partial charge on any atom is -0.481 e. The van der Waals surface area contributed by atoms with Gasteiger partial charge in [0.05, 0.1) is 148 Å². The van der Waals surface area contributed by atoms with Crippen LogP contribution in [-0.2, 0) is 130 Å². The van der Waals surface area contributed by atoms with Crippen molar-refractivity contribution in [2.45, 2.75) is 155 Å². The normalized spacial score (nSPS) is 15.3. The van der Waals surface area contributed by atoms with Crippen LogP contribution < -0.4 is 42.8 Å². The number of benzene rings is 1. The summed E-state index contributed by atoms with van der Waals surface area (Å²) in [6.45, 7) is 15.6. The number of aliphatic carboxylic acids is 1. The van der Waals surface area contributed by atoms with Crippen LogP contribution in [0.25, 0.3) is 22.3 Å². The highest BCUT2D eigenvalue weighted by molar-refractivity contribution is 6.13. The summed E-state index contributed by atoms with van der Waals surface area (Å²) in [6, 6.07) is 1.83. The highest BCUT2D eigenvalue weighted by Crippen LogP contribution is 2.41. The second kappa shape index (κ2) is 48.8. The van der Waals surface area contributed by atoms with E-state index in [-0.39, 0.29) is 115 Å². The number of pyridine rings is 2. The number of nitrogens with one attached hydrogen (secondary N) is 7. The van der Waals surface area contributed by atoms with E-state index in [0.29, 0.717) is 159 Å². The largest absolute Gasteiger partial charge is 0.481 e. The smallest absolute Gasteiger partial charge is 0.343 e. The molecular formula is C75H110N10O25. The number of unbranched alkanes of at least 4 members (excludes halogenated alkanes) is 1. The van der Waals surface area contributed by atoms with Gasteiger partial charge in [0, 0.05) is 80.4 Å². The van der Waals surface area contributed by atoms with Gasteiger partial charge in [0.2, 0.25) is 41.4 Å². The second-order valence-electron chi connectivity index (χ2n) is 26.6. The summed E-state index contributed by atoms with van der Waals surface area (Å²) in [6.07, 6.45) is 3.34. The molecule has 3 aromatic rings. The third-order valence-corrected chi connectivity index (χ3v) is 18.0. The maximum absolute atomic E-state index is 13.9. The van der Waals surface area contributed by atoms with Crippen molar-refractivity contribution in [3.05, 3.63) is 69.0 Å². The van der Waals surface area contributed by atoms with E-state index in [2.05, 4.69) is 37.2 Å². The molecule has 6 rings (SSSR count). The molecule has 0 unspecified atom stereocenters. The number of aromatic nitrogens is 2. The number of amides is 9. The van der Waals surface area contributed by atoms with Gasteiger partial charge in [-0.05, 0) is 94.0 Å². The Labute approximate surface area is 639 Å². The third-order valence-electron chi connectivity index (χ3n) is 18.0. The number of nitrogens with zero attached hydrogens (tertiary/aromatic N) is 3. The third kappa shape index (κ3) is 29.5. The molecule has 5 heterocycles. The topological polar surface area (TPSA) is 452 Å². The number of carboxylic acids is 1. The van der Waals surface area contributed by atoms with E-state index in [9.17, 15) is 67.7 Å². The van der Waals surface area contributed by atoms with Crippen molar-refractivity contribution < 1.29 is 115 Å². The fourth-order valence-electron chi connectivity index (χ4n) is 12.0. The molecule has 0 saturated heterocycles. The van der Waals surface area contributed by atoms with Gasteiger partial charge in [-0.3, -0.25) is 57.6 Å². The van der Waals surface area contributed by atoms with E-state index >= 15 is 0 Å². The van der Waals surface area contributed by atoms with Gasteiger partial charge in [-0.25, -0.2) is 9.78 Å². The van der Waals surface area contributed by atoms with Gasteiger partial charge in [0.1, 0.15) is 37.4 Å². The number of hydrogen-bond donors (Lipinski definition) is 9. The molecule has 35 heteroatoms. The lowest BCUT2D eigenvalue weighted by atomic mass is 9.86. The first-order valence-corrected chi connectivity index (χ1v) is 37.6. The first kappa shape index (κ1) is 90.1. The van der Waals surface area contributed by atoms with Crippen LogP contribution >= 0.6 is 0 Å². The molecule has 110 heavy (non-hydrogen) atoms. The minimum atomic E-state index is -2.00. The SMILES string of the molecule is CCCc1c2c(nc3ccc(NC(=O)[C@H](C)NC(=O)[C@@H](NC(=O)[C@H](CCC(=O)O)NC(=O)CCCNC(=O)[C@H](CCCCNC(=O)COCCOCCOCCOCCOCCOCCOCCOCCOCCOC)NC(=O)CCCN4C(=O)C=CC4=O)C(C)C)cc13)-c1cc3c(c(=O)n1C2)COC(=O)[C@]3(O)CC. The molecule has 2 aromatic heterocycles. The molecule has 0 fully saturated rings. The summed E-state index contributed by atoms with van der Waals surface area (Å²) < 4.78 is 60.8. The van der Waals surface area contributed by atoms with Gasteiger partial charge < -0.3 is 104 Å². The van der Waals surface area contributed by atoms with E-state index in [4.69, 9.17) is 57.1 Å². The number of rotatable bonds is 58. The van der Waals surface area contributed by atoms with Gasteiger partial charge in [0.25, 0.3) is 17.4 Å². The van der Waals surface area contributed by atoms with Gasteiger partial charge >= 0.3 is 11.9 Å². The summed E-state index contributed by atoms with van der Waals surface area (Å²) in [4.78, 5) is 163. The number of cyclic esters (lactones) is 1. The Balaban J connectivity index is 0.874. The summed E-state index contributed by atoms with van der Waals surface area (Å²) in [7, 11) is 1.62. The van der Waals surface area contributed by atoms with Crippen LogP contribution in [0.4, 0.5) is 5.69 Å². The van der Waals surface area contributed by atoms with Crippen LogP contribution in [0.5, 0.6) is 0 Å². The van der Waals surface area contributed by atoms with Crippen molar-refractivity contribution in [1.29, 1.82) is 0 Å². The molecule has 5 atom stereocenters. The number of methoxy groups -OCH3 is 1. The Bertz CT molecular complexity index is 3630. The molecule has 9 amide bonds. The Hall–Kier alpha value is -8.75. The molecule has 1 aromatic carbocycles.